The topological polar surface area (TPSA) is 60.6 Å². The van der Waals surface area contributed by atoms with Crippen LogP contribution >= 0.6 is 11.8 Å². The maximum atomic E-state index is 11.1. The van der Waals surface area contributed by atoms with Crippen molar-refractivity contribution in [1.29, 1.82) is 0 Å². The molecule has 4 nitrogen and oxygen atoms in total. The Morgan fingerprint density at radius 2 is 2.31 bits per heavy atom. The molecule has 13 heavy (non-hydrogen) atoms. The number of rotatable bonds is 3. The Morgan fingerprint density at radius 3 is 2.77 bits per heavy atom. The first-order valence-electron chi connectivity index (χ1n) is 4.24. The molecule has 0 N–H and O–H groups in total. The number of amidine groups is 1. The standard InChI is InChI=1S/C7H13N2O2S2/c1-3-6-5-8-7(12-6)9-13(10,11)4-2/h6H,3-5H2,1-2H3. The predicted octanol–water partition coefficient (Wildman–Crippen LogP) is 0.822. The molecule has 1 rings (SSSR count). The molecule has 75 valence electrons. The minimum Gasteiger partial charge on any atom is -0.259 e. The number of thioether (sulfide) groups is 1. The Hall–Kier alpha value is -0.230. The summed E-state index contributed by atoms with van der Waals surface area (Å²) in [6.45, 7) is 4.33. The molecule has 6 heteroatoms. The lowest BCUT2D eigenvalue weighted by Gasteiger charge is -1.97. The summed E-state index contributed by atoms with van der Waals surface area (Å²) in [5, 5.41) is 4.89. The first-order valence-corrected chi connectivity index (χ1v) is 6.73. The van der Waals surface area contributed by atoms with Gasteiger partial charge in [-0.2, -0.15) is 0 Å². The van der Waals surface area contributed by atoms with E-state index in [1.165, 1.54) is 11.8 Å². The molecule has 1 heterocycles. The molecule has 0 aromatic carbocycles. The zero-order valence-corrected chi connectivity index (χ0v) is 9.36. The van der Waals surface area contributed by atoms with Gasteiger partial charge in [-0.3, -0.25) is 5.32 Å². The average molecular weight is 221 g/mol. The molecule has 1 fully saturated rings. The maximum Gasteiger partial charge on any atom is 0.255 e. The van der Waals surface area contributed by atoms with Gasteiger partial charge in [-0.1, -0.05) is 18.7 Å². The lowest BCUT2D eigenvalue weighted by atomic mass is 10.3. The van der Waals surface area contributed by atoms with Crippen LogP contribution in [0.1, 0.15) is 20.3 Å². The largest absolute Gasteiger partial charge is 0.259 e. The summed E-state index contributed by atoms with van der Waals surface area (Å²) < 4.78 is 25.8. The van der Waals surface area contributed by atoms with Crippen LogP contribution in [0.3, 0.4) is 0 Å². The van der Waals surface area contributed by atoms with Crippen LogP contribution in [-0.4, -0.2) is 31.1 Å². The summed E-state index contributed by atoms with van der Waals surface area (Å²) in [6, 6.07) is 0. The molecule has 0 aromatic heterocycles. The van der Waals surface area contributed by atoms with Crippen molar-refractivity contribution in [2.75, 3.05) is 12.3 Å². The summed E-state index contributed by atoms with van der Waals surface area (Å²) in [5.74, 6) is 0.0450. The van der Waals surface area contributed by atoms with Crippen molar-refractivity contribution in [3.8, 4) is 0 Å². The molecule has 1 aliphatic heterocycles. The zero-order valence-electron chi connectivity index (χ0n) is 7.73. The highest BCUT2D eigenvalue weighted by atomic mass is 32.2. The Bertz CT molecular complexity index is 298. The monoisotopic (exact) mass is 221 g/mol. The fraction of sp³-hybridized carbons (Fsp3) is 0.857. The Balaban J connectivity index is 2.65. The van der Waals surface area contributed by atoms with Gasteiger partial charge in [-0.15, -0.1) is 4.40 Å². The quantitative estimate of drug-likeness (QED) is 0.709. The fourth-order valence-corrected chi connectivity index (χ4v) is 2.55. The van der Waals surface area contributed by atoms with Crippen LogP contribution in [0.4, 0.5) is 0 Å². The highest BCUT2D eigenvalue weighted by molar-refractivity contribution is 8.15. The second kappa shape index (κ2) is 4.32. The Morgan fingerprint density at radius 1 is 1.62 bits per heavy atom. The molecule has 0 aliphatic carbocycles. The minimum absolute atomic E-state index is 0.0450. The van der Waals surface area contributed by atoms with Crippen molar-refractivity contribution >= 4 is 27.0 Å². The summed E-state index contributed by atoms with van der Waals surface area (Å²) >= 11 is 1.46. The fourth-order valence-electron chi connectivity index (χ4n) is 0.850. The molecule has 1 saturated heterocycles. The summed E-state index contributed by atoms with van der Waals surface area (Å²) in [7, 11) is -3.26. The van der Waals surface area contributed by atoms with Gasteiger partial charge in [0, 0.05) is 5.25 Å². The van der Waals surface area contributed by atoms with Crippen molar-refractivity contribution < 1.29 is 8.42 Å². The van der Waals surface area contributed by atoms with Gasteiger partial charge in [0.1, 0.15) is 0 Å². The summed E-state index contributed by atoms with van der Waals surface area (Å²) in [6.07, 6.45) is 0.999. The van der Waals surface area contributed by atoms with Gasteiger partial charge < -0.3 is 0 Å². The highest BCUT2D eigenvalue weighted by Gasteiger charge is 2.22. The average Bonchev–Trinajstić information content (AvgIpc) is 2.52. The van der Waals surface area contributed by atoms with Crippen molar-refractivity contribution in [3.63, 3.8) is 0 Å². The highest BCUT2D eigenvalue weighted by Crippen LogP contribution is 2.22. The molecule has 1 aliphatic rings. The van der Waals surface area contributed by atoms with E-state index in [1.807, 2.05) is 0 Å². The van der Waals surface area contributed by atoms with Crippen LogP contribution in [0.25, 0.3) is 0 Å². The summed E-state index contributed by atoms with van der Waals surface area (Å²) in [4.78, 5) is 0. The van der Waals surface area contributed by atoms with E-state index in [9.17, 15) is 8.42 Å². The van der Waals surface area contributed by atoms with E-state index in [2.05, 4.69) is 16.6 Å². The molecule has 0 bridgehead atoms. The summed E-state index contributed by atoms with van der Waals surface area (Å²) in [5.41, 5.74) is 0. The van der Waals surface area contributed by atoms with Crippen LogP contribution in [0.5, 0.6) is 0 Å². The first-order chi connectivity index (χ1) is 6.07. The van der Waals surface area contributed by atoms with E-state index >= 15 is 0 Å². The number of nitrogens with zero attached hydrogens (tertiary/aromatic N) is 2. The molecule has 0 saturated carbocycles. The van der Waals surface area contributed by atoms with Gasteiger partial charge in [0.05, 0.1) is 12.3 Å². The van der Waals surface area contributed by atoms with E-state index in [0.717, 1.165) is 6.42 Å². The molecule has 0 amide bonds. The van der Waals surface area contributed by atoms with Gasteiger partial charge in [0.25, 0.3) is 10.0 Å². The van der Waals surface area contributed by atoms with Crippen LogP contribution in [0.2, 0.25) is 0 Å². The van der Waals surface area contributed by atoms with Crippen molar-refractivity contribution in [2.45, 2.75) is 25.5 Å². The minimum atomic E-state index is -3.26. The number of sulfonamides is 1. The van der Waals surface area contributed by atoms with Crippen LogP contribution in [-0.2, 0) is 10.0 Å². The van der Waals surface area contributed by atoms with Gasteiger partial charge in [-0.05, 0) is 13.3 Å². The lowest BCUT2D eigenvalue weighted by Crippen LogP contribution is -2.10. The predicted molar refractivity (Wildman–Crippen MR) is 55.6 cm³/mol. The SMILES string of the molecule is CCC1C[N]C(=NS(=O)(=O)CC)S1. The third-order valence-electron chi connectivity index (χ3n) is 1.74. The van der Waals surface area contributed by atoms with E-state index in [1.54, 1.807) is 6.92 Å². The first kappa shape index (κ1) is 10.8. The van der Waals surface area contributed by atoms with Gasteiger partial charge >= 0.3 is 0 Å². The second-order valence-corrected chi connectivity index (χ2v) is 5.92. The molecular weight excluding hydrogens is 208 g/mol. The van der Waals surface area contributed by atoms with Crippen molar-refractivity contribution in [2.24, 2.45) is 4.40 Å². The van der Waals surface area contributed by atoms with Crippen LogP contribution in [0, 0.1) is 0 Å². The Kier molecular flexibility index (Phi) is 3.61. The van der Waals surface area contributed by atoms with Gasteiger partial charge in [0.2, 0.25) is 0 Å². The van der Waals surface area contributed by atoms with Crippen LogP contribution in [0.15, 0.2) is 4.40 Å². The third kappa shape index (κ3) is 3.19. The second-order valence-electron chi connectivity index (χ2n) is 2.73. The maximum absolute atomic E-state index is 11.1. The van der Waals surface area contributed by atoms with Crippen LogP contribution < -0.4 is 5.32 Å². The molecule has 0 aromatic rings. The third-order valence-corrected chi connectivity index (χ3v) is 4.28. The molecule has 1 radical (unpaired) electrons. The van der Waals surface area contributed by atoms with E-state index in [-0.39, 0.29) is 5.75 Å². The molecule has 0 spiro atoms. The molecular formula is C7H13N2O2S2. The number of hydrogen-bond donors (Lipinski definition) is 0. The molecule has 1 atom stereocenters. The lowest BCUT2D eigenvalue weighted by molar-refractivity contribution is 0.599. The number of hydrogen-bond acceptors (Lipinski definition) is 3. The molecule has 1 unspecified atom stereocenters. The van der Waals surface area contributed by atoms with E-state index in [0.29, 0.717) is 17.0 Å². The van der Waals surface area contributed by atoms with Crippen molar-refractivity contribution in [3.05, 3.63) is 0 Å². The van der Waals surface area contributed by atoms with Gasteiger partial charge in [0.15, 0.2) is 5.17 Å². The van der Waals surface area contributed by atoms with Crippen molar-refractivity contribution in [1.82, 2.24) is 5.32 Å². The zero-order chi connectivity index (χ0) is 9.90. The smallest absolute Gasteiger partial charge is 0.255 e. The van der Waals surface area contributed by atoms with E-state index in [4.69, 9.17) is 0 Å². The Labute approximate surface area is 83.3 Å². The van der Waals surface area contributed by atoms with Gasteiger partial charge in [-0.25, -0.2) is 8.42 Å². The van der Waals surface area contributed by atoms with E-state index < -0.39 is 10.0 Å². The normalized spacial score (nSPS) is 26.3.